The van der Waals surface area contributed by atoms with E-state index in [2.05, 4.69) is 52.2 Å². The summed E-state index contributed by atoms with van der Waals surface area (Å²) in [7, 11) is 5.67. The highest BCUT2D eigenvalue weighted by Gasteiger charge is 2.24. The van der Waals surface area contributed by atoms with Gasteiger partial charge in [-0.1, -0.05) is 42.5 Å². The predicted octanol–water partition coefficient (Wildman–Crippen LogP) is 5.40. The summed E-state index contributed by atoms with van der Waals surface area (Å²) in [5.41, 5.74) is 4.14. The minimum atomic E-state index is 0.0583. The van der Waals surface area contributed by atoms with Gasteiger partial charge in [-0.05, 0) is 67.8 Å². The lowest BCUT2D eigenvalue weighted by Crippen LogP contribution is -2.40. The number of aryl methyl sites for hydroxylation is 1. The van der Waals surface area contributed by atoms with Crippen LogP contribution in [0.5, 0.6) is 5.75 Å². The Hall–Kier alpha value is -3.84. The minimum Gasteiger partial charge on any atom is -0.497 e. The first-order valence-corrected chi connectivity index (χ1v) is 13.9. The van der Waals surface area contributed by atoms with E-state index in [0.29, 0.717) is 12.6 Å². The molecule has 1 aromatic heterocycles. The molecule has 4 aromatic rings. The highest BCUT2D eigenvalue weighted by atomic mass is 16.5. The molecule has 1 aliphatic rings. The zero-order valence-electron chi connectivity index (χ0n) is 23.2. The molecule has 0 saturated carbocycles. The number of aromatic nitrogens is 2. The lowest BCUT2D eigenvalue weighted by atomic mass is 9.94. The van der Waals surface area contributed by atoms with Gasteiger partial charge in [0.2, 0.25) is 5.95 Å². The molecule has 1 saturated heterocycles. The molecule has 1 amide bonds. The molecular formula is C32H39N5O2. The summed E-state index contributed by atoms with van der Waals surface area (Å²) in [4.78, 5) is 22.3. The number of likely N-dealkylation sites (tertiary alicyclic amines) is 1. The van der Waals surface area contributed by atoms with E-state index < -0.39 is 0 Å². The molecule has 0 bridgehead atoms. The maximum atomic E-state index is 13.1. The number of methoxy groups -OCH3 is 1. The first-order chi connectivity index (χ1) is 19.0. The molecule has 1 aliphatic heterocycles. The van der Waals surface area contributed by atoms with Crippen LogP contribution >= 0.6 is 0 Å². The Bertz CT molecular complexity index is 1360. The molecule has 2 heterocycles. The van der Waals surface area contributed by atoms with Crippen LogP contribution < -0.4 is 10.1 Å². The van der Waals surface area contributed by atoms with Crippen molar-refractivity contribution in [2.24, 2.45) is 7.05 Å². The number of nitrogens with one attached hydrogen (secondary N) is 1. The van der Waals surface area contributed by atoms with E-state index >= 15 is 0 Å². The second kappa shape index (κ2) is 12.3. The number of anilines is 1. The second-order valence-corrected chi connectivity index (χ2v) is 10.6. The number of piperidine rings is 1. The third-order valence-electron chi connectivity index (χ3n) is 7.95. The molecule has 1 fully saturated rings. The van der Waals surface area contributed by atoms with Crippen LogP contribution in [0.1, 0.15) is 41.1 Å². The Kier molecular flexibility index (Phi) is 8.47. The molecule has 5 rings (SSSR count). The molecular weight excluding hydrogens is 486 g/mol. The first-order valence-electron chi connectivity index (χ1n) is 13.9. The normalized spacial score (nSPS) is 15.3. The van der Waals surface area contributed by atoms with E-state index in [0.717, 1.165) is 67.2 Å². The van der Waals surface area contributed by atoms with Gasteiger partial charge in [0.15, 0.2) is 0 Å². The summed E-state index contributed by atoms with van der Waals surface area (Å²) in [6, 6.07) is 26.5. The Balaban J connectivity index is 1.18. The number of ether oxygens (including phenoxy) is 1. The summed E-state index contributed by atoms with van der Waals surface area (Å²) in [6.45, 7) is 3.78. The van der Waals surface area contributed by atoms with Crippen molar-refractivity contribution < 1.29 is 9.53 Å². The van der Waals surface area contributed by atoms with Crippen LogP contribution in [0.25, 0.3) is 11.0 Å². The highest BCUT2D eigenvalue weighted by molar-refractivity contribution is 5.94. The molecule has 1 N–H and O–H groups in total. The molecule has 1 unspecified atom stereocenters. The van der Waals surface area contributed by atoms with Gasteiger partial charge in [0.05, 0.1) is 18.1 Å². The topological polar surface area (TPSA) is 62.6 Å². The maximum Gasteiger partial charge on any atom is 0.253 e. The summed E-state index contributed by atoms with van der Waals surface area (Å²) in [5.74, 6) is 2.09. The van der Waals surface area contributed by atoms with Gasteiger partial charge < -0.3 is 24.4 Å². The van der Waals surface area contributed by atoms with Crippen LogP contribution in [0.3, 0.4) is 0 Å². The van der Waals surface area contributed by atoms with Gasteiger partial charge in [0.1, 0.15) is 5.75 Å². The van der Waals surface area contributed by atoms with Gasteiger partial charge in [0, 0.05) is 51.3 Å². The van der Waals surface area contributed by atoms with Gasteiger partial charge in [-0.25, -0.2) is 4.98 Å². The van der Waals surface area contributed by atoms with Gasteiger partial charge in [0.25, 0.3) is 5.91 Å². The second-order valence-electron chi connectivity index (χ2n) is 10.6. The molecule has 0 radical (unpaired) electrons. The van der Waals surface area contributed by atoms with Crippen LogP contribution in [-0.2, 0) is 7.05 Å². The zero-order chi connectivity index (χ0) is 27.2. The molecule has 7 nitrogen and oxygen atoms in total. The number of carbonyl (C=O) groups is 1. The minimum absolute atomic E-state index is 0.0583. The number of imidazole rings is 1. The molecule has 7 heteroatoms. The Morgan fingerprint density at radius 2 is 1.72 bits per heavy atom. The van der Waals surface area contributed by atoms with Crippen molar-refractivity contribution >= 4 is 22.9 Å². The van der Waals surface area contributed by atoms with Crippen LogP contribution in [-0.4, -0.2) is 71.6 Å². The van der Waals surface area contributed by atoms with E-state index in [1.807, 2.05) is 60.5 Å². The molecule has 3 aromatic carbocycles. The average molecular weight is 526 g/mol. The Labute approximate surface area is 231 Å². The number of amides is 1. The van der Waals surface area contributed by atoms with Crippen LogP contribution in [0.2, 0.25) is 0 Å². The van der Waals surface area contributed by atoms with Crippen LogP contribution in [0, 0.1) is 0 Å². The lowest BCUT2D eigenvalue weighted by Gasteiger charge is -2.34. The molecule has 0 aliphatic carbocycles. The fraction of sp³-hybridized carbons (Fsp3) is 0.375. The monoisotopic (exact) mass is 525 g/mol. The molecule has 39 heavy (non-hydrogen) atoms. The van der Waals surface area contributed by atoms with E-state index in [1.165, 1.54) is 5.56 Å². The molecule has 204 valence electrons. The van der Waals surface area contributed by atoms with Crippen molar-refractivity contribution in [2.75, 3.05) is 45.7 Å². The van der Waals surface area contributed by atoms with Crippen molar-refractivity contribution in [2.45, 2.75) is 31.2 Å². The summed E-state index contributed by atoms with van der Waals surface area (Å²) >= 11 is 0. The number of rotatable bonds is 10. The van der Waals surface area contributed by atoms with E-state index in [1.54, 1.807) is 7.11 Å². The van der Waals surface area contributed by atoms with Crippen molar-refractivity contribution in [1.82, 2.24) is 19.4 Å². The standard InChI is InChI=1S/C32H39N5O2/c1-35(31(38)25-9-5-4-6-10-25)23-26(24-13-15-28(39-3)16-14-24)17-20-37-21-18-27(19-22-37)33-32-34-29-11-7-8-12-30(29)36(32)2/h4-16,26-27H,17-23H2,1-3H3,(H,33,34). The largest absolute Gasteiger partial charge is 0.497 e. The summed E-state index contributed by atoms with van der Waals surface area (Å²) < 4.78 is 7.52. The van der Waals surface area contributed by atoms with Crippen molar-refractivity contribution in [1.29, 1.82) is 0 Å². The van der Waals surface area contributed by atoms with Crippen LogP contribution in [0.15, 0.2) is 78.9 Å². The zero-order valence-corrected chi connectivity index (χ0v) is 23.2. The van der Waals surface area contributed by atoms with Gasteiger partial charge in [-0.3, -0.25) is 4.79 Å². The number of likely N-dealkylation sites (N-methyl/N-ethyl adjacent to an activating group) is 1. The molecule has 0 spiro atoms. The number of nitrogens with zero attached hydrogens (tertiary/aromatic N) is 4. The highest BCUT2D eigenvalue weighted by Crippen LogP contribution is 2.26. The third-order valence-corrected chi connectivity index (χ3v) is 7.95. The number of benzene rings is 3. The average Bonchev–Trinajstić information content (AvgIpc) is 3.30. The Morgan fingerprint density at radius 1 is 1.03 bits per heavy atom. The fourth-order valence-corrected chi connectivity index (χ4v) is 5.55. The number of carbonyl (C=O) groups excluding carboxylic acids is 1. The Morgan fingerprint density at radius 3 is 2.41 bits per heavy atom. The number of para-hydroxylation sites is 2. The van der Waals surface area contributed by atoms with Crippen molar-refractivity contribution in [3.05, 3.63) is 90.0 Å². The summed E-state index contributed by atoms with van der Waals surface area (Å²) in [5, 5.41) is 3.68. The van der Waals surface area contributed by atoms with Gasteiger partial charge in [-0.15, -0.1) is 0 Å². The first kappa shape index (κ1) is 26.8. The quantitative estimate of drug-likeness (QED) is 0.300. The maximum absolute atomic E-state index is 13.1. The van der Waals surface area contributed by atoms with Crippen molar-refractivity contribution in [3.63, 3.8) is 0 Å². The molecule has 1 atom stereocenters. The third kappa shape index (κ3) is 6.42. The van der Waals surface area contributed by atoms with Gasteiger partial charge in [-0.2, -0.15) is 0 Å². The van der Waals surface area contributed by atoms with E-state index in [9.17, 15) is 4.79 Å². The summed E-state index contributed by atoms with van der Waals surface area (Å²) in [6.07, 6.45) is 3.16. The SMILES string of the molecule is COc1ccc(C(CCN2CCC(Nc3nc4ccccc4n3C)CC2)CN(C)C(=O)c2ccccc2)cc1. The fourth-order valence-electron chi connectivity index (χ4n) is 5.55. The number of fused-ring (bicyclic) bond motifs is 1. The predicted molar refractivity (Wildman–Crippen MR) is 158 cm³/mol. The number of hydrogen-bond donors (Lipinski definition) is 1. The van der Waals surface area contributed by atoms with Gasteiger partial charge >= 0.3 is 0 Å². The van der Waals surface area contributed by atoms with Crippen molar-refractivity contribution in [3.8, 4) is 5.75 Å². The smallest absolute Gasteiger partial charge is 0.253 e. The number of hydrogen-bond acceptors (Lipinski definition) is 5. The van der Waals surface area contributed by atoms with E-state index in [4.69, 9.17) is 9.72 Å². The van der Waals surface area contributed by atoms with Crippen LogP contribution in [0.4, 0.5) is 5.95 Å². The van der Waals surface area contributed by atoms with E-state index in [-0.39, 0.29) is 11.8 Å². The lowest BCUT2D eigenvalue weighted by molar-refractivity contribution is 0.0782.